The molecule has 6 nitrogen and oxygen atoms in total. The van der Waals surface area contributed by atoms with Crippen molar-refractivity contribution < 1.29 is 13.9 Å². The fraction of sp³-hybridized carbons (Fsp3) is 0.250. The Morgan fingerprint density at radius 3 is 2.71 bits per heavy atom. The maximum absolute atomic E-state index is 13.3. The number of aryl methyl sites for hydroxylation is 1. The molecule has 0 saturated heterocycles. The van der Waals surface area contributed by atoms with Crippen molar-refractivity contribution in [2.75, 3.05) is 6.61 Å². The summed E-state index contributed by atoms with van der Waals surface area (Å²) in [6.45, 7) is 4.53. The predicted molar refractivity (Wildman–Crippen MR) is 107 cm³/mol. The van der Waals surface area contributed by atoms with Gasteiger partial charge in [-0.15, -0.1) is 0 Å². The highest BCUT2D eigenvalue weighted by Crippen LogP contribution is 2.21. The third-order valence-corrected chi connectivity index (χ3v) is 4.51. The molecule has 0 radical (unpaired) electrons. The Labute approximate surface area is 167 Å². The Morgan fingerprint density at radius 2 is 2.04 bits per heavy atom. The second kappa shape index (κ2) is 8.79. The molecule has 8 heteroatoms. The van der Waals surface area contributed by atoms with Gasteiger partial charge in [-0.3, -0.25) is 14.5 Å². The number of aromatic nitrogens is 3. The number of ether oxygens (including phenoxy) is 1. The Balaban J connectivity index is 1.70. The first-order chi connectivity index (χ1) is 13.5. The number of benzene rings is 2. The van der Waals surface area contributed by atoms with Crippen LogP contribution in [0.3, 0.4) is 0 Å². The Bertz CT molecular complexity index is 1030. The van der Waals surface area contributed by atoms with Crippen LogP contribution in [0.5, 0.6) is 5.75 Å². The first-order valence-corrected chi connectivity index (χ1v) is 9.29. The third-order valence-electron chi connectivity index (χ3n) is 4.20. The van der Waals surface area contributed by atoms with Crippen LogP contribution < -0.4 is 10.1 Å². The normalized spacial score (nSPS) is 10.7. The van der Waals surface area contributed by atoms with Crippen LogP contribution in [0.1, 0.15) is 18.1 Å². The molecule has 0 fully saturated rings. The molecule has 3 rings (SSSR count). The van der Waals surface area contributed by atoms with Crippen LogP contribution in [-0.4, -0.2) is 27.3 Å². The summed E-state index contributed by atoms with van der Waals surface area (Å²) in [6.07, 6.45) is 0. The van der Waals surface area contributed by atoms with E-state index < -0.39 is 0 Å². The molecule has 0 spiro atoms. The van der Waals surface area contributed by atoms with Crippen LogP contribution in [0, 0.1) is 17.5 Å². The fourth-order valence-corrected chi connectivity index (χ4v) is 2.97. The van der Waals surface area contributed by atoms with Gasteiger partial charge in [0.15, 0.2) is 10.6 Å². The minimum atomic E-state index is -0.264. The van der Waals surface area contributed by atoms with E-state index in [-0.39, 0.29) is 18.3 Å². The van der Waals surface area contributed by atoms with Crippen LogP contribution >= 0.6 is 12.2 Å². The number of amides is 1. The molecule has 1 heterocycles. The summed E-state index contributed by atoms with van der Waals surface area (Å²) in [5.41, 5.74) is 2.19. The smallest absolute Gasteiger partial charge is 0.240 e. The highest BCUT2D eigenvalue weighted by molar-refractivity contribution is 7.71. The van der Waals surface area contributed by atoms with Crippen molar-refractivity contribution in [1.82, 2.24) is 20.1 Å². The SMILES string of the molecule is CCOc1ccc(-c2n[nH]c(=S)n2CC(=O)NCc2ccc(F)c(C)c2)cc1. The Hall–Kier alpha value is -3.00. The summed E-state index contributed by atoms with van der Waals surface area (Å²) >= 11 is 5.27. The van der Waals surface area contributed by atoms with Gasteiger partial charge in [-0.1, -0.05) is 12.1 Å². The van der Waals surface area contributed by atoms with E-state index in [1.165, 1.54) is 6.07 Å². The molecule has 28 heavy (non-hydrogen) atoms. The van der Waals surface area contributed by atoms with Gasteiger partial charge in [0.2, 0.25) is 5.91 Å². The molecule has 0 saturated carbocycles. The number of nitrogens with one attached hydrogen (secondary N) is 2. The molecule has 0 aliphatic carbocycles. The molecular formula is C20H21FN4O2S. The monoisotopic (exact) mass is 400 g/mol. The minimum absolute atomic E-state index is 0.0258. The minimum Gasteiger partial charge on any atom is -0.494 e. The number of hydrogen-bond acceptors (Lipinski definition) is 4. The van der Waals surface area contributed by atoms with Gasteiger partial charge in [-0.05, 0) is 67.5 Å². The van der Waals surface area contributed by atoms with E-state index in [4.69, 9.17) is 17.0 Å². The predicted octanol–water partition coefficient (Wildman–Crippen LogP) is 3.77. The molecule has 0 unspecified atom stereocenters. The van der Waals surface area contributed by atoms with E-state index in [2.05, 4.69) is 15.5 Å². The van der Waals surface area contributed by atoms with E-state index in [1.807, 2.05) is 31.2 Å². The molecule has 1 amide bonds. The quantitative estimate of drug-likeness (QED) is 0.592. The zero-order chi connectivity index (χ0) is 20.1. The van der Waals surface area contributed by atoms with E-state index in [9.17, 15) is 9.18 Å². The van der Waals surface area contributed by atoms with Gasteiger partial charge in [-0.2, -0.15) is 5.10 Å². The number of hydrogen-bond donors (Lipinski definition) is 2. The van der Waals surface area contributed by atoms with Crippen molar-refractivity contribution in [1.29, 1.82) is 0 Å². The zero-order valence-corrected chi connectivity index (χ0v) is 16.5. The summed E-state index contributed by atoms with van der Waals surface area (Å²) in [6, 6.07) is 12.2. The van der Waals surface area contributed by atoms with Gasteiger partial charge in [0.05, 0.1) is 6.61 Å². The van der Waals surface area contributed by atoms with Gasteiger partial charge >= 0.3 is 0 Å². The molecule has 3 aromatic rings. The number of nitrogens with zero attached hydrogens (tertiary/aromatic N) is 2. The summed E-state index contributed by atoms with van der Waals surface area (Å²) < 4.78 is 20.8. The van der Waals surface area contributed by atoms with Gasteiger partial charge in [0.25, 0.3) is 0 Å². The van der Waals surface area contributed by atoms with Crippen LogP contribution in [-0.2, 0) is 17.9 Å². The average Bonchev–Trinajstić information content (AvgIpc) is 3.04. The zero-order valence-electron chi connectivity index (χ0n) is 15.7. The van der Waals surface area contributed by atoms with E-state index in [0.717, 1.165) is 16.9 Å². The first-order valence-electron chi connectivity index (χ1n) is 8.88. The Kier molecular flexibility index (Phi) is 6.20. The van der Waals surface area contributed by atoms with Crippen molar-refractivity contribution in [3.8, 4) is 17.1 Å². The van der Waals surface area contributed by atoms with Gasteiger partial charge in [0.1, 0.15) is 18.1 Å². The highest BCUT2D eigenvalue weighted by Gasteiger charge is 2.13. The molecule has 0 aliphatic heterocycles. The number of H-pyrrole nitrogens is 1. The first kappa shape index (κ1) is 19.8. The molecule has 1 aromatic heterocycles. The van der Waals surface area contributed by atoms with Crippen molar-refractivity contribution >= 4 is 18.1 Å². The molecule has 0 bridgehead atoms. The number of carbonyl (C=O) groups excluding carboxylic acids is 1. The summed E-state index contributed by atoms with van der Waals surface area (Å²) in [5.74, 6) is 0.853. The fourth-order valence-electron chi connectivity index (χ4n) is 2.77. The van der Waals surface area contributed by atoms with Gasteiger partial charge in [0, 0.05) is 12.1 Å². The molecule has 0 aliphatic rings. The maximum Gasteiger partial charge on any atom is 0.240 e. The van der Waals surface area contributed by atoms with Crippen molar-refractivity contribution in [2.24, 2.45) is 0 Å². The third kappa shape index (κ3) is 4.64. The Morgan fingerprint density at radius 1 is 1.29 bits per heavy atom. The lowest BCUT2D eigenvalue weighted by molar-refractivity contribution is -0.121. The molecule has 0 atom stereocenters. The van der Waals surface area contributed by atoms with Crippen molar-refractivity contribution in [3.05, 3.63) is 64.2 Å². The summed E-state index contributed by atoms with van der Waals surface area (Å²) in [5, 5.41) is 9.79. The summed E-state index contributed by atoms with van der Waals surface area (Å²) in [4.78, 5) is 12.4. The molecular weight excluding hydrogens is 379 g/mol. The van der Waals surface area contributed by atoms with Gasteiger partial charge in [-0.25, -0.2) is 4.39 Å². The highest BCUT2D eigenvalue weighted by atomic mass is 32.1. The lowest BCUT2D eigenvalue weighted by Crippen LogP contribution is -2.27. The average molecular weight is 400 g/mol. The van der Waals surface area contributed by atoms with Crippen LogP contribution in [0.2, 0.25) is 0 Å². The standard InChI is InChI=1S/C20H21FN4O2S/c1-3-27-16-7-5-15(6-8-16)19-23-24-20(28)25(19)12-18(26)22-11-14-4-9-17(21)13(2)10-14/h4-10H,3,11-12H2,1-2H3,(H,22,26)(H,24,28). The van der Waals surface area contributed by atoms with E-state index in [1.54, 1.807) is 23.6 Å². The van der Waals surface area contributed by atoms with E-state index in [0.29, 0.717) is 29.3 Å². The van der Waals surface area contributed by atoms with Crippen LogP contribution in [0.15, 0.2) is 42.5 Å². The largest absolute Gasteiger partial charge is 0.494 e. The second-order valence-corrected chi connectivity index (χ2v) is 6.64. The van der Waals surface area contributed by atoms with Crippen LogP contribution in [0.25, 0.3) is 11.4 Å². The van der Waals surface area contributed by atoms with Crippen LogP contribution in [0.4, 0.5) is 4.39 Å². The van der Waals surface area contributed by atoms with Crippen molar-refractivity contribution in [3.63, 3.8) is 0 Å². The molecule has 2 N–H and O–H groups in total. The lowest BCUT2D eigenvalue weighted by atomic mass is 10.1. The summed E-state index contributed by atoms with van der Waals surface area (Å²) in [7, 11) is 0. The number of rotatable bonds is 7. The van der Waals surface area contributed by atoms with Crippen molar-refractivity contribution in [2.45, 2.75) is 26.9 Å². The number of aromatic amines is 1. The molecule has 2 aromatic carbocycles. The number of halogens is 1. The number of carbonyl (C=O) groups is 1. The second-order valence-electron chi connectivity index (χ2n) is 6.26. The van der Waals surface area contributed by atoms with Gasteiger partial charge < -0.3 is 10.1 Å². The maximum atomic E-state index is 13.3. The van der Waals surface area contributed by atoms with E-state index >= 15 is 0 Å². The molecule has 146 valence electrons. The lowest BCUT2D eigenvalue weighted by Gasteiger charge is -2.09. The topological polar surface area (TPSA) is 71.9 Å².